The number of rotatable bonds is 14. The molecule has 0 bridgehead atoms. The largest absolute Gasteiger partial charge is 0.494 e. The van der Waals surface area contributed by atoms with Crippen LogP contribution >= 0.6 is 0 Å². The van der Waals surface area contributed by atoms with Crippen molar-refractivity contribution in [1.29, 1.82) is 0 Å². The third kappa shape index (κ3) is 8.06. The molecule has 180 valence electrons. The van der Waals surface area contributed by atoms with Crippen LogP contribution in [-0.2, 0) is 0 Å². The molecule has 0 atom stereocenters. The number of nitrogens with one attached hydrogen (secondary N) is 2. The van der Waals surface area contributed by atoms with Crippen LogP contribution in [0.25, 0.3) is 11.3 Å². The lowest BCUT2D eigenvalue weighted by Crippen LogP contribution is -2.17. The second-order valence-electron chi connectivity index (χ2n) is 8.01. The molecular weight excluding hydrogens is 428 g/mol. The van der Waals surface area contributed by atoms with E-state index in [1.807, 2.05) is 55.5 Å². The summed E-state index contributed by atoms with van der Waals surface area (Å²) in [5, 5.41) is 11.0. The van der Waals surface area contributed by atoms with Gasteiger partial charge in [-0.05, 0) is 73.5 Å². The second-order valence-corrected chi connectivity index (χ2v) is 8.01. The van der Waals surface area contributed by atoms with Gasteiger partial charge in [0.2, 0.25) is 0 Å². The Morgan fingerprint density at radius 1 is 0.941 bits per heavy atom. The number of carbonyl (C=O) groups excluding carboxylic acids is 1. The van der Waals surface area contributed by atoms with Crippen LogP contribution in [-0.4, -0.2) is 35.5 Å². The van der Waals surface area contributed by atoms with Crippen molar-refractivity contribution in [2.45, 2.75) is 52.4 Å². The van der Waals surface area contributed by atoms with Crippen LogP contribution < -0.4 is 14.9 Å². The summed E-state index contributed by atoms with van der Waals surface area (Å²) in [4.78, 5) is 12.4. The first-order valence-electron chi connectivity index (χ1n) is 12.0. The van der Waals surface area contributed by atoms with Gasteiger partial charge in [-0.1, -0.05) is 39.0 Å². The fourth-order valence-electron chi connectivity index (χ4n) is 3.42. The number of amides is 1. The summed E-state index contributed by atoms with van der Waals surface area (Å²) < 4.78 is 11.2. The molecule has 1 amide bonds. The van der Waals surface area contributed by atoms with E-state index in [0.29, 0.717) is 18.0 Å². The van der Waals surface area contributed by atoms with Crippen molar-refractivity contribution in [2.75, 3.05) is 13.2 Å². The highest BCUT2D eigenvalue weighted by molar-refractivity contribution is 5.94. The minimum atomic E-state index is -0.361. The van der Waals surface area contributed by atoms with Crippen molar-refractivity contribution >= 4 is 12.1 Å². The highest BCUT2D eigenvalue weighted by atomic mass is 16.5. The Morgan fingerprint density at radius 3 is 2.35 bits per heavy atom. The molecule has 0 saturated carbocycles. The zero-order valence-corrected chi connectivity index (χ0v) is 20.0. The first kappa shape index (κ1) is 25.0. The summed E-state index contributed by atoms with van der Waals surface area (Å²) in [7, 11) is 0. The van der Waals surface area contributed by atoms with Gasteiger partial charge in [0.25, 0.3) is 5.91 Å². The summed E-state index contributed by atoms with van der Waals surface area (Å²) >= 11 is 0. The van der Waals surface area contributed by atoms with Crippen LogP contribution in [0.4, 0.5) is 0 Å². The fraction of sp³-hybridized carbons (Fsp3) is 0.370. The molecule has 34 heavy (non-hydrogen) atoms. The van der Waals surface area contributed by atoms with Gasteiger partial charge in [0.1, 0.15) is 17.2 Å². The highest BCUT2D eigenvalue weighted by Crippen LogP contribution is 2.21. The molecule has 0 aliphatic rings. The van der Waals surface area contributed by atoms with Gasteiger partial charge in [-0.2, -0.15) is 10.2 Å². The normalized spacial score (nSPS) is 11.0. The van der Waals surface area contributed by atoms with Crippen molar-refractivity contribution in [3.05, 3.63) is 65.9 Å². The van der Waals surface area contributed by atoms with Crippen LogP contribution in [0.5, 0.6) is 11.5 Å². The van der Waals surface area contributed by atoms with Crippen molar-refractivity contribution in [3.8, 4) is 22.8 Å². The van der Waals surface area contributed by atoms with E-state index >= 15 is 0 Å². The molecule has 7 nitrogen and oxygen atoms in total. The van der Waals surface area contributed by atoms with Gasteiger partial charge in [-0.25, -0.2) is 5.43 Å². The fourth-order valence-corrected chi connectivity index (χ4v) is 3.42. The standard InChI is InChI=1S/C27H34N4O3/c1-3-5-6-7-8-9-18-34-24-16-12-22(13-17-24)25-19-26(30-29-25)27(32)31-28-20-21-10-14-23(15-11-21)33-4-2/h10-17,19-20H,3-9,18H2,1-2H3,(H,29,30)(H,31,32)/b28-20-. The molecule has 3 rings (SSSR count). The molecule has 0 fully saturated rings. The van der Waals surface area contributed by atoms with E-state index in [9.17, 15) is 4.79 Å². The van der Waals surface area contributed by atoms with Crippen LogP contribution in [0.2, 0.25) is 0 Å². The number of unbranched alkanes of at least 4 members (excludes halogenated alkanes) is 5. The topological polar surface area (TPSA) is 88.6 Å². The first-order valence-corrected chi connectivity index (χ1v) is 12.0. The Bertz CT molecular complexity index is 1030. The SMILES string of the molecule is CCCCCCCCOc1ccc(-c2cc(C(=O)N/N=C\c3ccc(OCC)cc3)[nH]n2)cc1. The van der Waals surface area contributed by atoms with Gasteiger partial charge in [0.15, 0.2) is 0 Å². The maximum atomic E-state index is 12.4. The lowest BCUT2D eigenvalue weighted by Gasteiger charge is -2.06. The van der Waals surface area contributed by atoms with Gasteiger partial charge in [-0.15, -0.1) is 0 Å². The number of ether oxygens (including phenoxy) is 2. The molecule has 2 aromatic carbocycles. The van der Waals surface area contributed by atoms with E-state index in [1.54, 1.807) is 12.3 Å². The number of H-pyrrole nitrogens is 1. The second kappa shape index (κ2) is 13.8. The van der Waals surface area contributed by atoms with E-state index in [0.717, 1.165) is 35.7 Å². The smallest absolute Gasteiger partial charge is 0.289 e. The molecule has 0 saturated heterocycles. The maximum Gasteiger partial charge on any atom is 0.289 e. The van der Waals surface area contributed by atoms with E-state index < -0.39 is 0 Å². The third-order valence-corrected chi connectivity index (χ3v) is 5.31. The molecule has 0 aliphatic heterocycles. The van der Waals surface area contributed by atoms with Crippen molar-refractivity contribution in [1.82, 2.24) is 15.6 Å². The van der Waals surface area contributed by atoms with Gasteiger partial charge >= 0.3 is 0 Å². The van der Waals surface area contributed by atoms with E-state index in [4.69, 9.17) is 9.47 Å². The predicted molar refractivity (Wildman–Crippen MR) is 136 cm³/mol. The maximum absolute atomic E-state index is 12.4. The number of benzene rings is 2. The molecule has 2 N–H and O–H groups in total. The molecule has 0 radical (unpaired) electrons. The van der Waals surface area contributed by atoms with Gasteiger partial charge in [0, 0.05) is 5.56 Å². The molecule has 7 heteroatoms. The molecule has 0 spiro atoms. The Hall–Kier alpha value is -3.61. The van der Waals surface area contributed by atoms with E-state index in [1.165, 1.54) is 32.1 Å². The third-order valence-electron chi connectivity index (χ3n) is 5.31. The van der Waals surface area contributed by atoms with Crippen LogP contribution in [0.1, 0.15) is 68.4 Å². The van der Waals surface area contributed by atoms with E-state index in [2.05, 4.69) is 27.6 Å². The Morgan fingerprint density at radius 2 is 1.62 bits per heavy atom. The molecule has 0 unspecified atom stereocenters. The molecule has 1 aromatic heterocycles. The molecule has 0 aliphatic carbocycles. The van der Waals surface area contributed by atoms with Crippen LogP contribution in [0.3, 0.4) is 0 Å². The van der Waals surface area contributed by atoms with Gasteiger partial charge < -0.3 is 9.47 Å². The summed E-state index contributed by atoms with van der Waals surface area (Å²) in [6, 6.07) is 16.9. The Kier molecular flexibility index (Phi) is 10.2. The van der Waals surface area contributed by atoms with Crippen molar-refractivity contribution in [2.24, 2.45) is 5.10 Å². The molecular formula is C27H34N4O3. The van der Waals surface area contributed by atoms with Crippen molar-refractivity contribution < 1.29 is 14.3 Å². The number of carbonyl (C=O) groups is 1. The quantitative estimate of drug-likeness (QED) is 0.175. The van der Waals surface area contributed by atoms with Crippen LogP contribution in [0, 0.1) is 0 Å². The number of hydrazone groups is 1. The zero-order valence-electron chi connectivity index (χ0n) is 20.0. The lowest BCUT2D eigenvalue weighted by atomic mass is 10.1. The summed E-state index contributed by atoms with van der Waals surface area (Å²) in [5.41, 5.74) is 5.29. The van der Waals surface area contributed by atoms with Crippen molar-refractivity contribution in [3.63, 3.8) is 0 Å². The minimum absolute atomic E-state index is 0.335. The zero-order chi connectivity index (χ0) is 24.0. The average Bonchev–Trinajstić information content (AvgIpc) is 3.36. The number of hydrogen-bond acceptors (Lipinski definition) is 5. The Balaban J connectivity index is 1.45. The average molecular weight is 463 g/mol. The van der Waals surface area contributed by atoms with Crippen LogP contribution in [0.15, 0.2) is 59.7 Å². The number of nitrogens with zero attached hydrogens (tertiary/aromatic N) is 2. The summed E-state index contributed by atoms with van der Waals surface area (Å²) in [6.07, 6.45) is 9.03. The monoisotopic (exact) mass is 462 g/mol. The lowest BCUT2D eigenvalue weighted by molar-refractivity contribution is 0.0950. The Labute approximate surface area is 201 Å². The first-order chi connectivity index (χ1) is 16.7. The minimum Gasteiger partial charge on any atom is -0.494 e. The summed E-state index contributed by atoms with van der Waals surface area (Å²) in [6.45, 7) is 5.52. The van der Waals surface area contributed by atoms with Gasteiger partial charge in [-0.3, -0.25) is 9.89 Å². The van der Waals surface area contributed by atoms with Gasteiger partial charge in [0.05, 0.1) is 25.1 Å². The number of hydrogen-bond donors (Lipinski definition) is 2. The number of aromatic amines is 1. The molecule has 1 heterocycles. The number of aromatic nitrogens is 2. The summed E-state index contributed by atoms with van der Waals surface area (Å²) in [5.74, 6) is 1.28. The molecule has 3 aromatic rings. The highest BCUT2D eigenvalue weighted by Gasteiger charge is 2.10. The predicted octanol–water partition coefficient (Wildman–Crippen LogP) is 5.98. The van der Waals surface area contributed by atoms with E-state index in [-0.39, 0.29) is 5.91 Å².